The highest BCUT2D eigenvalue weighted by Gasteiger charge is 2.11. The molecule has 118 valence electrons. The fraction of sp³-hybridized carbons (Fsp3) is 0.200. The third-order valence-electron chi connectivity index (χ3n) is 3.10. The number of anilines is 3. The van der Waals surface area contributed by atoms with Gasteiger partial charge in [-0.1, -0.05) is 11.3 Å². The Kier molecular flexibility index (Phi) is 4.33. The van der Waals surface area contributed by atoms with Crippen LogP contribution in [0.2, 0.25) is 0 Å². The molecule has 0 saturated heterocycles. The maximum absolute atomic E-state index is 5.04. The second-order valence-corrected chi connectivity index (χ2v) is 5.66. The number of pyridine rings is 1. The van der Waals surface area contributed by atoms with Gasteiger partial charge in [-0.15, -0.1) is 0 Å². The van der Waals surface area contributed by atoms with Crippen molar-refractivity contribution in [1.82, 2.24) is 19.9 Å². The Balaban J connectivity index is 1.85. The molecule has 2 N–H and O–H groups in total. The fourth-order valence-corrected chi connectivity index (χ4v) is 2.88. The molecule has 3 aromatic heterocycles. The van der Waals surface area contributed by atoms with Crippen LogP contribution < -0.4 is 15.4 Å². The highest BCUT2D eigenvalue weighted by Crippen LogP contribution is 2.31. The van der Waals surface area contributed by atoms with Crippen LogP contribution in [0.3, 0.4) is 0 Å². The summed E-state index contributed by atoms with van der Waals surface area (Å²) in [6.07, 6.45) is 3.39. The monoisotopic (exact) mass is 328 g/mol. The van der Waals surface area contributed by atoms with Crippen molar-refractivity contribution < 1.29 is 4.74 Å². The number of nitrogens with one attached hydrogen (secondary N) is 2. The Morgan fingerprint density at radius 2 is 2.00 bits per heavy atom. The molecule has 23 heavy (non-hydrogen) atoms. The number of hydrogen-bond donors (Lipinski definition) is 2. The van der Waals surface area contributed by atoms with Crippen LogP contribution >= 0.6 is 11.3 Å². The molecule has 0 aromatic carbocycles. The van der Waals surface area contributed by atoms with E-state index in [4.69, 9.17) is 4.74 Å². The Morgan fingerprint density at radius 3 is 2.65 bits per heavy atom. The molecule has 8 heteroatoms. The number of nitrogens with zero attached hydrogens (tertiary/aromatic N) is 4. The Bertz CT molecular complexity index is 802. The zero-order valence-corrected chi connectivity index (χ0v) is 13.8. The smallest absolute Gasteiger partial charge is 0.227 e. The number of aromatic nitrogens is 4. The first-order valence-electron chi connectivity index (χ1n) is 6.95. The van der Waals surface area contributed by atoms with Gasteiger partial charge in [-0.3, -0.25) is 0 Å². The molecular formula is C15H16N6OS. The van der Waals surface area contributed by atoms with E-state index in [-0.39, 0.29) is 0 Å². The van der Waals surface area contributed by atoms with Crippen LogP contribution in [0.5, 0.6) is 5.88 Å². The second-order valence-electron chi connectivity index (χ2n) is 4.66. The standard InChI is InChI=1S/C15H16N6OS/c1-9-13(23-15(16-2)19-9)11-6-7-17-14(21-11)20-10-4-5-12(22-3)18-8-10/h4-8H,1-3H3,(H,16,19)(H,17,20,21). The zero-order chi connectivity index (χ0) is 16.2. The molecule has 3 heterocycles. The summed E-state index contributed by atoms with van der Waals surface area (Å²) in [6.45, 7) is 1.97. The van der Waals surface area contributed by atoms with Crippen LogP contribution in [-0.2, 0) is 0 Å². The highest BCUT2D eigenvalue weighted by atomic mass is 32.1. The average Bonchev–Trinajstić information content (AvgIpc) is 2.97. The van der Waals surface area contributed by atoms with Gasteiger partial charge in [0.25, 0.3) is 0 Å². The molecular weight excluding hydrogens is 312 g/mol. The van der Waals surface area contributed by atoms with Crippen LogP contribution in [0.15, 0.2) is 30.6 Å². The van der Waals surface area contributed by atoms with Gasteiger partial charge in [0.15, 0.2) is 5.13 Å². The minimum absolute atomic E-state index is 0.508. The predicted octanol–water partition coefficient (Wildman–Crippen LogP) is 3.10. The fourth-order valence-electron chi connectivity index (χ4n) is 1.99. The van der Waals surface area contributed by atoms with Crippen molar-refractivity contribution in [3.63, 3.8) is 0 Å². The summed E-state index contributed by atoms with van der Waals surface area (Å²) in [5.74, 6) is 1.07. The van der Waals surface area contributed by atoms with E-state index in [1.165, 1.54) is 0 Å². The highest BCUT2D eigenvalue weighted by molar-refractivity contribution is 7.19. The molecule has 3 aromatic rings. The topological polar surface area (TPSA) is 84.9 Å². The summed E-state index contributed by atoms with van der Waals surface area (Å²) in [6, 6.07) is 5.51. The quantitative estimate of drug-likeness (QED) is 0.744. The zero-order valence-electron chi connectivity index (χ0n) is 13.0. The lowest BCUT2D eigenvalue weighted by atomic mass is 10.3. The van der Waals surface area contributed by atoms with Crippen LogP contribution in [0.1, 0.15) is 5.69 Å². The number of ether oxygens (including phenoxy) is 1. The minimum atomic E-state index is 0.508. The average molecular weight is 328 g/mol. The molecule has 0 aliphatic rings. The number of aryl methyl sites for hydroxylation is 1. The Labute approximate surface area is 137 Å². The number of thiazole rings is 1. The van der Waals surface area contributed by atoms with Crippen molar-refractivity contribution in [3.05, 3.63) is 36.3 Å². The first kappa shape index (κ1) is 15.2. The summed E-state index contributed by atoms with van der Waals surface area (Å²) < 4.78 is 5.04. The summed E-state index contributed by atoms with van der Waals surface area (Å²) >= 11 is 1.56. The third-order valence-corrected chi connectivity index (χ3v) is 4.30. The van der Waals surface area contributed by atoms with E-state index in [0.29, 0.717) is 11.8 Å². The Hall–Kier alpha value is -2.74. The molecule has 0 aliphatic heterocycles. The van der Waals surface area contributed by atoms with Crippen LogP contribution in [0.4, 0.5) is 16.8 Å². The van der Waals surface area contributed by atoms with Gasteiger partial charge in [0, 0.05) is 19.3 Å². The first-order valence-corrected chi connectivity index (χ1v) is 7.77. The predicted molar refractivity (Wildman–Crippen MR) is 91.5 cm³/mol. The molecule has 0 atom stereocenters. The van der Waals surface area contributed by atoms with Crippen molar-refractivity contribution in [2.24, 2.45) is 0 Å². The summed E-state index contributed by atoms with van der Waals surface area (Å²) in [5, 5.41) is 7.05. The van der Waals surface area contributed by atoms with Crippen LogP contribution in [0.25, 0.3) is 10.6 Å². The molecule has 0 aliphatic carbocycles. The molecule has 0 fully saturated rings. The molecule has 0 radical (unpaired) electrons. The molecule has 0 saturated carbocycles. The summed E-state index contributed by atoms with van der Waals surface area (Å²) in [7, 11) is 3.44. The number of hydrogen-bond acceptors (Lipinski definition) is 8. The summed E-state index contributed by atoms with van der Waals surface area (Å²) in [4.78, 5) is 18.4. The normalized spacial score (nSPS) is 10.4. The Morgan fingerprint density at radius 1 is 1.13 bits per heavy atom. The lowest BCUT2D eigenvalue weighted by Crippen LogP contribution is -1.98. The van der Waals surface area contributed by atoms with E-state index in [2.05, 4.69) is 30.6 Å². The second kappa shape index (κ2) is 6.57. The molecule has 3 rings (SSSR count). The lowest BCUT2D eigenvalue weighted by Gasteiger charge is -2.06. The van der Waals surface area contributed by atoms with Crippen molar-refractivity contribution >= 4 is 28.1 Å². The van der Waals surface area contributed by atoms with Gasteiger partial charge in [-0.2, -0.15) is 0 Å². The molecule has 0 spiro atoms. The maximum Gasteiger partial charge on any atom is 0.227 e. The van der Waals surface area contributed by atoms with Gasteiger partial charge in [-0.05, 0) is 19.1 Å². The van der Waals surface area contributed by atoms with E-state index >= 15 is 0 Å². The molecule has 7 nitrogen and oxygen atoms in total. The van der Waals surface area contributed by atoms with E-state index in [9.17, 15) is 0 Å². The minimum Gasteiger partial charge on any atom is -0.481 e. The largest absolute Gasteiger partial charge is 0.481 e. The van der Waals surface area contributed by atoms with E-state index in [1.807, 2.05) is 26.1 Å². The van der Waals surface area contributed by atoms with Gasteiger partial charge < -0.3 is 15.4 Å². The van der Waals surface area contributed by atoms with Crippen molar-refractivity contribution in [1.29, 1.82) is 0 Å². The van der Waals surface area contributed by atoms with Gasteiger partial charge in [0.05, 0.1) is 35.3 Å². The summed E-state index contributed by atoms with van der Waals surface area (Å²) in [5.41, 5.74) is 2.57. The van der Waals surface area contributed by atoms with Crippen molar-refractivity contribution in [2.45, 2.75) is 6.92 Å². The van der Waals surface area contributed by atoms with Crippen molar-refractivity contribution in [2.75, 3.05) is 24.8 Å². The van der Waals surface area contributed by atoms with Gasteiger partial charge >= 0.3 is 0 Å². The number of rotatable bonds is 5. The van der Waals surface area contributed by atoms with E-state index in [1.54, 1.807) is 36.9 Å². The van der Waals surface area contributed by atoms with Gasteiger partial charge in [0.1, 0.15) is 0 Å². The van der Waals surface area contributed by atoms with Crippen LogP contribution in [-0.4, -0.2) is 34.1 Å². The maximum atomic E-state index is 5.04. The lowest BCUT2D eigenvalue weighted by molar-refractivity contribution is 0.398. The van der Waals surface area contributed by atoms with Crippen molar-refractivity contribution in [3.8, 4) is 16.5 Å². The van der Waals surface area contributed by atoms with Gasteiger partial charge in [0.2, 0.25) is 11.8 Å². The SMILES string of the molecule is CNc1nc(C)c(-c2ccnc(Nc3ccc(OC)nc3)n2)s1. The third kappa shape index (κ3) is 3.37. The first-order chi connectivity index (χ1) is 11.2. The molecule has 0 unspecified atom stereocenters. The van der Waals surface area contributed by atoms with Gasteiger partial charge in [-0.25, -0.2) is 19.9 Å². The van der Waals surface area contributed by atoms with E-state index in [0.717, 1.165) is 27.1 Å². The molecule has 0 bridgehead atoms. The molecule has 0 amide bonds. The van der Waals surface area contributed by atoms with E-state index < -0.39 is 0 Å². The van der Waals surface area contributed by atoms with Crippen LogP contribution in [0, 0.1) is 6.92 Å². The number of methoxy groups -OCH3 is 1.